The molecule has 1 aromatic carbocycles. The highest BCUT2D eigenvalue weighted by Gasteiger charge is 2.44. The van der Waals surface area contributed by atoms with Crippen LogP contribution in [0.3, 0.4) is 0 Å². The Morgan fingerprint density at radius 2 is 2.13 bits per heavy atom. The van der Waals surface area contributed by atoms with Gasteiger partial charge in [-0.2, -0.15) is 0 Å². The molecule has 3 heteroatoms. The van der Waals surface area contributed by atoms with E-state index < -0.39 is 0 Å². The van der Waals surface area contributed by atoms with Crippen LogP contribution in [0.5, 0.6) is 0 Å². The minimum Gasteiger partial charge on any atom is -0.466 e. The predicted molar refractivity (Wildman–Crippen MR) is 58.3 cm³/mol. The van der Waals surface area contributed by atoms with E-state index in [1.54, 1.807) is 0 Å². The van der Waals surface area contributed by atoms with Gasteiger partial charge >= 0.3 is 5.97 Å². The number of benzene rings is 1. The van der Waals surface area contributed by atoms with Crippen molar-refractivity contribution in [1.29, 1.82) is 0 Å². The summed E-state index contributed by atoms with van der Waals surface area (Å²) in [6.45, 7) is 2.29. The number of hydrogen-bond acceptors (Lipinski definition) is 3. The quantitative estimate of drug-likeness (QED) is 0.606. The molecule has 1 fully saturated rings. The minimum absolute atomic E-state index is 0.0635. The predicted octanol–water partition coefficient (Wildman–Crippen LogP) is 1.94. The van der Waals surface area contributed by atoms with Crippen LogP contribution in [0.4, 0.5) is 5.69 Å². The number of nitrogens with two attached hydrogens (primary N) is 1. The standard InChI is InChI=1S/C12H15NO2/c1-2-15-12(14)11-7-10(11)8-3-5-9(13)6-4-8/h3-6,10-11H,2,7,13H2,1H3. The van der Waals surface area contributed by atoms with Gasteiger partial charge in [-0.05, 0) is 37.0 Å². The van der Waals surface area contributed by atoms with Gasteiger partial charge in [0.1, 0.15) is 0 Å². The molecule has 0 amide bonds. The van der Waals surface area contributed by atoms with Crippen molar-refractivity contribution in [3.8, 4) is 0 Å². The maximum absolute atomic E-state index is 11.4. The van der Waals surface area contributed by atoms with Crippen molar-refractivity contribution in [2.45, 2.75) is 19.3 Å². The van der Waals surface area contributed by atoms with Crippen LogP contribution in [0.2, 0.25) is 0 Å². The molecule has 15 heavy (non-hydrogen) atoms. The lowest BCUT2D eigenvalue weighted by molar-refractivity contribution is -0.144. The second kappa shape index (κ2) is 3.93. The Morgan fingerprint density at radius 3 is 2.73 bits per heavy atom. The van der Waals surface area contributed by atoms with Gasteiger partial charge in [0, 0.05) is 5.69 Å². The first-order chi connectivity index (χ1) is 7.22. The first-order valence-corrected chi connectivity index (χ1v) is 5.24. The number of hydrogen-bond donors (Lipinski definition) is 1. The van der Waals surface area contributed by atoms with E-state index in [0.29, 0.717) is 12.5 Å². The van der Waals surface area contributed by atoms with Crippen LogP contribution in [0, 0.1) is 5.92 Å². The van der Waals surface area contributed by atoms with Crippen LogP contribution in [0.25, 0.3) is 0 Å². The molecule has 0 spiro atoms. The van der Waals surface area contributed by atoms with E-state index in [-0.39, 0.29) is 11.9 Å². The van der Waals surface area contributed by atoms with Crippen molar-refractivity contribution >= 4 is 11.7 Å². The summed E-state index contributed by atoms with van der Waals surface area (Å²) >= 11 is 0. The smallest absolute Gasteiger partial charge is 0.309 e. The molecule has 0 saturated heterocycles. The van der Waals surface area contributed by atoms with Gasteiger partial charge in [-0.1, -0.05) is 12.1 Å². The molecule has 0 aromatic heterocycles. The van der Waals surface area contributed by atoms with Gasteiger partial charge < -0.3 is 10.5 Å². The molecule has 0 heterocycles. The van der Waals surface area contributed by atoms with E-state index in [2.05, 4.69) is 0 Å². The Bertz CT molecular complexity index is 358. The Balaban J connectivity index is 1.98. The topological polar surface area (TPSA) is 52.3 Å². The molecule has 2 unspecified atom stereocenters. The van der Waals surface area contributed by atoms with E-state index in [9.17, 15) is 4.79 Å². The minimum atomic E-state index is -0.0701. The van der Waals surface area contributed by atoms with Crippen LogP contribution in [-0.2, 0) is 9.53 Å². The fourth-order valence-electron chi connectivity index (χ4n) is 1.82. The number of carbonyl (C=O) groups is 1. The average Bonchev–Trinajstić information content (AvgIpc) is 2.99. The lowest BCUT2D eigenvalue weighted by Crippen LogP contribution is -2.07. The molecule has 0 bridgehead atoms. The first-order valence-electron chi connectivity index (χ1n) is 5.24. The lowest BCUT2D eigenvalue weighted by Gasteiger charge is -2.01. The number of carbonyl (C=O) groups excluding carboxylic acids is 1. The molecular formula is C12H15NO2. The van der Waals surface area contributed by atoms with Crippen LogP contribution < -0.4 is 5.73 Å². The number of nitrogen functional groups attached to an aromatic ring is 1. The van der Waals surface area contributed by atoms with Crippen molar-refractivity contribution < 1.29 is 9.53 Å². The summed E-state index contributed by atoms with van der Waals surface area (Å²) in [4.78, 5) is 11.4. The number of esters is 1. The molecule has 2 N–H and O–H groups in total. The molecule has 1 aromatic rings. The van der Waals surface area contributed by atoms with E-state index in [1.165, 1.54) is 5.56 Å². The first kappa shape index (κ1) is 10.0. The Hall–Kier alpha value is -1.51. The Morgan fingerprint density at radius 1 is 1.47 bits per heavy atom. The summed E-state index contributed by atoms with van der Waals surface area (Å²) in [6.07, 6.45) is 0.906. The zero-order valence-corrected chi connectivity index (χ0v) is 8.77. The zero-order valence-electron chi connectivity index (χ0n) is 8.77. The summed E-state index contributed by atoms with van der Waals surface area (Å²) in [5.41, 5.74) is 7.54. The summed E-state index contributed by atoms with van der Waals surface area (Å²) < 4.78 is 4.98. The van der Waals surface area contributed by atoms with E-state index >= 15 is 0 Å². The van der Waals surface area contributed by atoms with E-state index in [4.69, 9.17) is 10.5 Å². The summed E-state index contributed by atoms with van der Waals surface area (Å²) in [6, 6.07) is 7.71. The van der Waals surface area contributed by atoms with Crippen molar-refractivity contribution in [3.63, 3.8) is 0 Å². The van der Waals surface area contributed by atoms with Crippen LogP contribution in [-0.4, -0.2) is 12.6 Å². The number of rotatable bonds is 3. The molecule has 0 aliphatic heterocycles. The molecule has 1 aliphatic rings. The fraction of sp³-hybridized carbons (Fsp3) is 0.417. The van der Waals surface area contributed by atoms with Gasteiger partial charge in [0.15, 0.2) is 0 Å². The third kappa shape index (κ3) is 2.12. The highest BCUT2D eigenvalue weighted by atomic mass is 16.5. The number of ether oxygens (including phenoxy) is 1. The third-order valence-corrected chi connectivity index (χ3v) is 2.74. The van der Waals surface area contributed by atoms with Crippen LogP contribution >= 0.6 is 0 Å². The van der Waals surface area contributed by atoms with Gasteiger partial charge in [0.2, 0.25) is 0 Å². The Labute approximate surface area is 89.2 Å². The maximum atomic E-state index is 11.4. The summed E-state index contributed by atoms with van der Waals surface area (Å²) in [5.74, 6) is 0.331. The van der Waals surface area contributed by atoms with E-state index in [1.807, 2.05) is 31.2 Å². The molecule has 1 aliphatic carbocycles. The number of anilines is 1. The second-order valence-corrected chi connectivity index (χ2v) is 3.87. The fourth-order valence-corrected chi connectivity index (χ4v) is 1.82. The van der Waals surface area contributed by atoms with Gasteiger partial charge in [-0.15, -0.1) is 0 Å². The average molecular weight is 205 g/mol. The molecule has 80 valence electrons. The monoisotopic (exact) mass is 205 g/mol. The molecule has 1 saturated carbocycles. The van der Waals surface area contributed by atoms with Crippen molar-refractivity contribution in [2.24, 2.45) is 5.92 Å². The van der Waals surface area contributed by atoms with Gasteiger partial charge in [-0.25, -0.2) is 0 Å². The van der Waals surface area contributed by atoms with Gasteiger partial charge in [0.05, 0.1) is 12.5 Å². The van der Waals surface area contributed by atoms with Crippen molar-refractivity contribution in [3.05, 3.63) is 29.8 Å². The normalized spacial score (nSPS) is 23.5. The van der Waals surface area contributed by atoms with Crippen LogP contribution in [0.1, 0.15) is 24.8 Å². The highest BCUT2D eigenvalue weighted by Crippen LogP contribution is 2.48. The zero-order chi connectivity index (χ0) is 10.8. The molecule has 0 radical (unpaired) electrons. The van der Waals surface area contributed by atoms with Crippen molar-refractivity contribution in [1.82, 2.24) is 0 Å². The maximum Gasteiger partial charge on any atom is 0.309 e. The van der Waals surface area contributed by atoms with E-state index in [0.717, 1.165) is 12.1 Å². The SMILES string of the molecule is CCOC(=O)C1CC1c1ccc(N)cc1. The Kier molecular flexibility index (Phi) is 2.62. The van der Waals surface area contributed by atoms with Gasteiger partial charge in [0.25, 0.3) is 0 Å². The molecule has 3 nitrogen and oxygen atoms in total. The van der Waals surface area contributed by atoms with Crippen LogP contribution in [0.15, 0.2) is 24.3 Å². The third-order valence-electron chi connectivity index (χ3n) is 2.74. The largest absolute Gasteiger partial charge is 0.466 e. The second-order valence-electron chi connectivity index (χ2n) is 3.87. The highest BCUT2D eigenvalue weighted by molar-refractivity contribution is 5.77. The molecule has 2 atom stereocenters. The van der Waals surface area contributed by atoms with Crippen molar-refractivity contribution in [2.75, 3.05) is 12.3 Å². The molecule has 2 rings (SSSR count). The molecular weight excluding hydrogens is 190 g/mol. The lowest BCUT2D eigenvalue weighted by atomic mass is 10.1. The summed E-state index contributed by atoms with van der Waals surface area (Å²) in [5, 5.41) is 0. The van der Waals surface area contributed by atoms with Gasteiger partial charge in [-0.3, -0.25) is 4.79 Å². The summed E-state index contributed by atoms with van der Waals surface area (Å²) in [7, 11) is 0.